The summed E-state index contributed by atoms with van der Waals surface area (Å²) in [5, 5.41) is 11.5. The average molecular weight is 424 g/mol. The Morgan fingerprint density at radius 3 is 2.53 bits per heavy atom. The van der Waals surface area contributed by atoms with Crippen molar-refractivity contribution in [2.24, 2.45) is 0 Å². The highest BCUT2D eigenvalue weighted by molar-refractivity contribution is 5.95. The summed E-state index contributed by atoms with van der Waals surface area (Å²) in [6.07, 6.45) is 1.39. The maximum Gasteiger partial charge on any atom is 0.343 e. The van der Waals surface area contributed by atoms with Crippen LogP contribution in [0.15, 0.2) is 23.0 Å². The first-order chi connectivity index (χ1) is 13.9. The van der Waals surface area contributed by atoms with Crippen molar-refractivity contribution in [3.63, 3.8) is 0 Å². The minimum atomic E-state index is -1.57. The largest absolute Gasteiger partial charge is 0.461 e. The van der Waals surface area contributed by atoms with Crippen LogP contribution in [-0.2, 0) is 38.1 Å². The standard InChI is InChI=1S/C21H28O9/c1-6-27-21-8-7-19(4,30-21)9-15-17(14(18(24)29-15)11-26-12(2)22)16(28-13(3)23)10-20(21,5)25/h9,16,25H,6-8,10-11H2,1-5H3/b15-9+/t16-,19-,20+,21+/m1/s1. The summed E-state index contributed by atoms with van der Waals surface area (Å²) in [5.41, 5.74) is -2.15. The number of carbonyl (C=O) groups is 3. The van der Waals surface area contributed by atoms with Crippen molar-refractivity contribution in [2.45, 2.75) is 77.0 Å². The molecule has 0 unspecified atom stereocenters. The molecule has 1 fully saturated rings. The summed E-state index contributed by atoms with van der Waals surface area (Å²) < 4.78 is 28.1. The van der Waals surface area contributed by atoms with Crippen molar-refractivity contribution in [1.82, 2.24) is 0 Å². The normalized spacial score (nSPS) is 37.3. The Morgan fingerprint density at radius 2 is 1.93 bits per heavy atom. The van der Waals surface area contributed by atoms with E-state index in [9.17, 15) is 19.5 Å². The van der Waals surface area contributed by atoms with Crippen LogP contribution in [0.25, 0.3) is 0 Å². The van der Waals surface area contributed by atoms with Gasteiger partial charge in [0.15, 0.2) is 5.79 Å². The Hall–Kier alpha value is -2.23. The molecule has 0 saturated carbocycles. The molecule has 9 nitrogen and oxygen atoms in total. The van der Waals surface area contributed by atoms with Gasteiger partial charge in [0.05, 0.1) is 11.2 Å². The van der Waals surface area contributed by atoms with Gasteiger partial charge in [0, 0.05) is 38.9 Å². The monoisotopic (exact) mass is 424 g/mol. The van der Waals surface area contributed by atoms with Gasteiger partial charge < -0.3 is 28.8 Å². The van der Waals surface area contributed by atoms with Crippen LogP contribution in [0, 0.1) is 0 Å². The van der Waals surface area contributed by atoms with Crippen molar-refractivity contribution < 1.29 is 43.2 Å². The van der Waals surface area contributed by atoms with Gasteiger partial charge in [0.1, 0.15) is 24.1 Å². The van der Waals surface area contributed by atoms with Crippen LogP contribution in [0.5, 0.6) is 0 Å². The summed E-state index contributed by atoms with van der Waals surface area (Å²) in [6, 6.07) is 0. The maximum absolute atomic E-state index is 12.6. The number of aliphatic hydroxyl groups is 1. The number of ether oxygens (including phenoxy) is 5. The van der Waals surface area contributed by atoms with E-state index >= 15 is 0 Å². The maximum atomic E-state index is 12.6. The molecular formula is C21H28O9. The molecule has 4 atom stereocenters. The van der Waals surface area contributed by atoms with E-state index in [0.717, 1.165) is 0 Å². The van der Waals surface area contributed by atoms with E-state index in [0.29, 0.717) is 19.4 Å². The number of fused-ring (bicyclic) bond motifs is 3. The average Bonchev–Trinajstić information content (AvgIpc) is 3.10. The molecule has 2 bridgehead atoms. The first-order valence-electron chi connectivity index (χ1n) is 9.97. The third kappa shape index (κ3) is 4.01. The highest BCUT2D eigenvalue weighted by Gasteiger charge is 2.60. The van der Waals surface area contributed by atoms with Crippen molar-refractivity contribution in [2.75, 3.05) is 13.2 Å². The molecule has 3 rings (SSSR count). The van der Waals surface area contributed by atoms with Gasteiger partial charge in [0.2, 0.25) is 0 Å². The van der Waals surface area contributed by atoms with E-state index < -0.39 is 41.0 Å². The fourth-order valence-corrected chi connectivity index (χ4v) is 4.31. The zero-order chi connectivity index (χ0) is 22.3. The Bertz CT molecular complexity index is 824. The van der Waals surface area contributed by atoms with Gasteiger partial charge in [0.25, 0.3) is 0 Å². The second-order valence-electron chi connectivity index (χ2n) is 8.25. The summed E-state index contributed by atoms with van der Waals surface area (Å²) in [7, 11) is 0. The number of hydrogen-bond donors (Lipinski definition) is 1. The fraction of sp³-hybridized carbons (Fsp3) is 0.667. The van der Waals surface area contributed by atoms with Gasteiger partial charge in [-0.25, -0.2) is 4.79 Å². The van der Waals surface area contributed by atoms with Crippen LogP contribution >= 0.6 is 0 Å². The number of carbonyl (C=O) groups excluding carboxylic acids is 3. The topological polar surface area (TPSA) is 118 Å². The van der Waals surface area contributed by atoms with Gasteiger partial charge in [-0.05, 0) is 33.3 Å². The quantitative estimate of drug-likeness (QED) is 0.519. The number of hydrogen-bond acceptors (Lipinski definition) is 9. The predicted octanol–water partition coefficient (Wildman–Crippen LogP) is 1.68. The van der Waals surface area contributed by atoms with Crippen LogP contribution in [0.4, 0.5) is 0 Å². The molecule has 9 heteroatoms. The van der Waals surface area contributed by atoms with E-state index in [1.54, 1.807) is 26.8 Å². The first kappa shape index (κ1) is 22.5. The van der Waals surface area contributed by atoms with Crippen LogP contribution in [0.1, 0.15) is 53.9 Å². The van der Waals surface area contributed by atoms with Crippen LogP contribution in [0.2, 0.25) is 0 Å². The second-order valence-corrected chi connectivity index (χ2v) is 8.25. The Morgan fingerprint density at radius 1 is 1.23 bits per heavy atom. The lowest BCUT2D eigenvalue weighted by Crippen LogP contribution is -2.56. The minimum absolute atomic E-state index is 0.0605. The lowest BCUT2D eigenvalue weighted by Gasteiger charge is -2.43. The molecule has 166 valence electrons. The lowest BCUT2D eigenvalue weighted by atomic mass is 9.82. The van der Waals surface area contributed by atoms with Crippen molar-refractivity contribution >= 4 is 17.9 Å². The molecule has 0 aromatic heterocycles. The van der Waals surface area contributed by atoms with Crippen LogP contribution < -0.4 is 0 Å². The molecule has 0 aliphatic carbocycles. The van der Waals surface area contributed by atoms with Gasteiger partial charge in [-0.1, -0.05) is 0 Å². The van der Waals surface area contributed by atoms with Gasteiger partial charge in [-0.3, -0.25) is 9.59 Å². The van der Waals surface area contributed by atoms with Crippen molar-refractivity contribution in [1.29, 1.82) is 0 Å². The molecule has 0 radical (unpaired) electrons. The number of rotatable bonds is 5. The van der Waals surface area contributed by atoms with Crippen molar-refractivity contribution in [3.8, 4) is 0 Å². The molecule has 3 aliphatic rings. The molecule has 3 heterocycles. The van der Waals surface area contributed by atoms with Gasteiger partial charge in [-0.2, -0.15) is 0 Å². The minimum Gasteiger partial charge on any atom is -0.461 e. The first-order valence-corrected chi connectivity index (χ1v) is 9.97. The van der Waals surface area contributed by atoms with E-state index in [2.05, 4.69) is 0 Å². The second kappa shape index (κ2) is 7.79. The molecule has 3 aliphatic heterocycles. The Labute approximate surface area is 174 Å². The van der Waals surface area contributed by atoms with E-state index in [1.807, 2.05) is 0 Å². The third-order valence-corrected chi connectivity index (χ3v) is 5.66. The molecule has 0 aromatic carbocycles. The third-order valence-electron chi connectivity index (χ3n) is 5.66. The van der Waals surface area contributed by atoms with E-state index in [4.69, 9.17) is 23.7 Å². The number of esters is 3. The van der Waals surface area contributed by atoms with Crippen LogP contribution in [0.3, 0.4) is 0 Å². The zero-order valence-electron chi connectivity index (χ0n) is 17.9. The van der Waals surface area contributed by atoms with Gasteiger partial charge in [-0.15, -0.1) is 0 Å². The molecule has 0 spiro atoms. The van der Waals surface area contributed by atoms with Crippen LogP contribution in [-0.4, -0.2) is 59.3 Å². The predicted molar refractivity (Wildman–Crippen MR) is 102 cm³/mol. The summed E-state index contributed by atoms with van der Waals surface area (Å²) >= 11 is 0. The summed E-state index contributed by atoms with van der Waals surface area (Å²) in [5.74, 6) is -3.04. The molecule has 0 amide bonds. The SMILES string of the molecule is CCO[C@]12CC[C@](C)(/C=C3/OC(=O)C(COC(C)=O)=C3[C@H](OC(C)=O)C[C@]1(C)O)O2. The van der Waals surface area contributed by atoms with Crippen molar-refractivity contribution in [3.05, 3.63) is 23.0 Å². The summed E-state index contributed by atoms with van der Waals surface area (Å²) in [6.45, 7) is 7.58. The Balaban J connectivity index is 2.17. The zero-order valence-corrected chi connectivity index (χ0v) is 17.9. The van der Waals surface area contributed by atoms with E-state index in [-0.39, 0.29) is 29.9 Å². The smallest absolute Gasteiger partial charge is 0.343 e. The summed E-state index contributed by atoms with van der Waals surface area (Å²) in [4.78, 5) is 35.7. The molecule has 1 N–H and O–H groups in total. The highest BCUT2D eigenvalue weighted by atomic mass is 16.7. The lowest BCUT2D eigenvalue weighted by molar-refractivity contribution is -0.318. The molecule has 1 saturated heterocycles. The van der Waals surface area contributed by atoms with E-state index in [1.165, 1.54) is 13.8 Å². The molecular weight excluding hydrogens is 396 g/mol. The molecule has 30 heavy (non-hydrogen) atoms. The Kier molecular flexibility index (Phi) is 5.83. The van der Waals surface area contributed by atoms with Gasteiger partial charge >= 0.3 is 17.9 Å². The highest BCUT2D eigenvalue weighted by Crippen LogP contribution is 2.51. The molecule has 0 aromatic rings. The fourth-order valence-electron chi connectivity index (χ4n) is 4.31.